The Kier molecular flexibility index (Phi) is 5.07. The summed E-state index contributed by atoms with van der Waals surface area (Å²) in [5.41, 5.74) is 6.63. The molecule has 0 unspecified atom stereocenters. The van der Waals surface area contributed by atoms with E-state index in [1.165, 1.54) is 0 Å². The minimum absolute atomic E-state index is 0.156. The van der Waals surface area contributed by atoms with Gasteiger partial charge in [0.25, 0.3) is 0 Å². The molecule has 0 saturated heterocycles. The Balaban J connectivity index is 2.36. The van der Waals surface area contributed by atoms with Crippen molar-refractivity contribution in [2.24, 2.45) is 5.73 Å². The minimum Gasteiger partial charge on any atom is -0.459 e. The molecule has 1 aromatic rings. The molecule has 4 heteroatoms. The van der Waals surface area contributed by atoms with Crippen molar-refractivity contribution >= 4 is 5.97 Å². The maximum absolute atomic E-state index is 11.5. The third kappa shape index (κ3) is 4.59. The summed E-state index contributed by atoms with van der Waals surface area (Å²) in [4.78, 5) is 13.1. The molecule has 1 rings (SSSR count). The summed E-state index contributed by atoms with van der Waals surface area (Å²) in [6, 6.07) is 9.57. The summed E-state index contributed by atoms with van der Waals surface area (Å²) in [5.74, 6) is 0.266. The van der Waals surface area contributed by atoms with Gasteiger partial charge >= 0.3 is 5.97 Å². The largest absolute Gasteiger partial charge is 0.459 e. The standard InChI is InChI=1S/C13H18N2O2/c1-3-12(14)15(2)9-13(16)17-10-11-7-5-4-6-8-11/h3-8H,9-10,14H2,1-2H3/b12-3-. The van der Waals surface area contributed by atoms with E-state index in [-0.39, 0.29) is 12.5 Å². The molecular weight excluding hydrogens is 216 g/mol. The number of likely N-dealkylation sites (N-methyl/N-ethyl adjacent to an activating group) is 1. The highest BCUT2D eigenvalue weighted by atomic mass is 16.5. The van der Waals surface area contributed by atoms with Crippen LogP contribution in [0.15, 0.2) is 42.2 Å². The molecule has 0 fully saturated rings. The van der Waals surface area contributed by atoms with Gasteiger partial charge in [-0.1, -0.05) is 30.3 Å². The van der Waals surface area contributed by atoms with Gasteiger partial charge < -0.3 is 15.4 Å². The van der Waals surface area contributed by atoms with Crippen molar-refractivity contribution in [2.45, 2.75) is 13.5 Å². The maximum Gasteiger partial charge on any atom is 0.325 e. The van der Waals surface area contributed by atoms with E-state index in [9.17, 15) is 4.79 Å². The summed E-state index contributed by atoms with van der Waals surface area (Å²) in [5, 5.41) is 0. The van der Waals surface area contributed by atoms with Gasteiger partial charge in [-0.25, -0.2) is 0 Å². The van der Waals surface area contributed by atoms with E-state index < -0.39 is 0 Å². The summed E-state index contributed by atoms with van der Waals surface area (Å²) in [6.07, 6.45) is 1.74. The highest BCUT2D eigenvalue weighted by Crippen LogP contribution is 2.01. The van der Waals surface area contributed by atoms with Crippen molar-refractivity contribution in [1.29, 1.82) is 0 Å². The van der Waals surface area contributed by atoms with Gasteiger partial charge in [-0.15, -0.1) is 0 Å². The summed E-state index contributed by atoms with van der Waals surface area (Å²) >= 11 is 0. The van der Waals surface area contributed by atoms with Gasteiger partial charge in [-0.3, -0.25) is 4.79 Å². The second-order valence-corrected chi connectivity index (χ2v) is 3.72. The zero-order valence-electron chi connectivity index (χ0n) is 10.2. The van der Waals surface area contributed by atoms with E-state index in [2.05, 4.69) is 0 Å². The summed E-state index contributed by atoms with van der Waals surface area (Å²) in [7, 11) is 1.75. The Bertz CT molecular complexity index is 388. The van der Waals surface area contributed by atoms with Gasteiger partial charge in [-0.2, -0.15) is 0 Å². The number of benzene rings is 1. The lowest BCUT2D eigenvalue weighted by Crippen LogP contribution is -2.30. The van der Waals surface area contributed by atoms with Crippen molar-refractivity contribution < 1.29 is 9.53 Å². The second-order valence-electron chi connectivity index (χ2n) is 3.72. The van der Waals surface area contributed by atoms with E-state index in [0.717, 1.165) is 5.56 Å². The molecule has 0 bridgehead atoms. The first-order valence-corrected chi connectivity index (χ1v) is 5.46. The Hall–Kier alpha value is -1.97. The van der Waals surface area contributed by atoms with Crippen molar-refractivity contribution in [1.82, 2.24) is 4.90 Å². The van der Waals surface area contributed by atoms with Crippen LogP contribution in [0.3, 0.4) is 0 Å². The molecule has 0 aromatic heterocycles. The molecule has 0 aliphatic rings. The van der Waals surface area contributed by atoms with Gasteiger partial charge in [0, 0.05) is 7.05 Å². The maximum atomic E-state index is 11.5. The Labute approximate surface area is 102 Å². The number of allylic oxidation sites excluding steroid dienone is 1. The van der Waals surface area contributed by atoms with Crippen LogP contribution in [0.5, 0.6) is 0 Å². The molecule has 0 atom stereocenters. The fourth-order valence-electron chi connectivity index (χ4n) is 1.29. The number of nitrogens with two attached hydrogens (primary N) is 1. The van der Waals surface area contributed by atoms with E-state index in [1.54, 1.807) is 18.0 Å². The number of nitrogens with zero attached hydrogens (tertiary/aromatic N) is 1. The molecule has 0 radical (unpaired) electrons. The van der Waals surface area contributed by atoms with E-state index >= 15 is 0 Å². The molecular formula is C13H18N2O2. The SMILES string of the molecule is C/C=C(/N)N(C)CC(=O)OCc1ccccc1. The zero-order valence-corrected chi connectivity index (χ0v) is 10.2. The average molecular weight is 234 g/mol. The van der Waals surface area contributed by atoms with Crippen LogP contribution in [0.4, 0.5) is 0 Å². The van der Waals surface area contributed by atoms with E-state index in [0.29, 0.717) is 12.4 Å². The van der Waals surface area contributed by atoms with Crippen LogP contribution in [-0.2, 0) is 16.1 Å². The predicted molar refractivity (Wildman–Crippen MR) is 66.8 cm³/mol. The number of rotatable bonds is 5. The molecule has 1 aromatic carbocycles. The summed E-state index contributed by atoms with van der Waals surface area (Å²) < 4.78 is 5.13. The van der Waals surface area contributed by atoms with Gasteiger partial charge in [-0.05, 0) is 18.6 Å². The highest BCUT2D eigenvalue weighted by Gasteiger charge is 2.08. The van der Waals surface area contributed by atoms with Crippen LogP contribution in [0.1, 0.15) is 12.5 Å². The monoisotopic (exact) mass is 234 g/mol. The van der Waals surface area contributed by atoms with Crippen LogP contribution in [0.25, 0.3) is 0 Å². The number of hydrogen-bond donors (Lipinski definition) is 1. The molecule has 0 spiro atoms. The Morgan fingerprint density at radius 2 is 2.06 bits per heavy atom. The first-order chi connectivity index (χ1) is 8.13. The Morgan fingerprint density at radius 3 is 2.65 bits per heavy atom. The molecule has 4 nitrogen and oxygen atoms in total. The van der Waals surface area contributed by atoms with E-state index in [4.69, 9.17) is 10.5 Å². The molecule has 92 valence electrons. The van der Waals surface area contributed by atoms with Crippen molar-refractivity contribution in [3.63, 3.8) is 0 Å². The lowest BCUT2D eigenvalue weighted by molar-refractivity contribution is -0.145. The number of carbonyl (C=O) groups excluding carboxylic acids is 1. The minimum atomic E-state index is -0.291. The lowest BCUT2D eigenvalue weighted by Gasteiger charge is -2.17. The second kappa shape index (κ2) is 6.58. The molecule has 0 amide bonds. The average Bonchev–Trinajstić information content (AvgIpc) is 2.36. The van der Waals surface area contributed by atoms with Crippen molar-refractivity contribution in [2.75, 3.05) is 13.6 Å². The molecule has 0 aliphatic heterocycles. The van der Waals surface area contributed by atoms with Crippen molar-refractivity contribution in [3.05, 3.63) is 47.8 Å². The van der Waals surface area contributed by atoms with Gasteiger partial charge in [0.1, 0.15) is 13.2 Å². The lowest BCUT2D eigenvalue weighted by atomic mass is 10.2. The molecule has 17 heavy (non-hydrogen) atoms. The first kappa shape index (κ1) is 13.1. The smallest absolute Gasteiger partial charge is 0.325 e. The van der Waals surface area contributed by atoms with Crippen LogP contribution >= 0.6 is 0 Å². The third-order valence-electron chi connectivity index (χ3n) is 2.35. The number of hydrogen-bond acceptors (Lipinski definition) is 4. The fraction of sp³-hybridized carbons (Fsp3) is 0.308. The van der Waals surface area contributed by atoms with Crippen molar-refractivity contribution in [3.8, 4) is 0 Å². The van der Waals surface area contributed by atoms with Crippen LogP contribution in [0, 0.1) is 0 Å². The van der Waals surface area contributed by atoms with Gasteiger partial charge in [0.2, 0.25) is 0 Å². The molecule has 0 saturated carbocycles. The third-order valence-corrected chi connectivity index (χ3v) is 2.35. The normalized spacial score (nSPS) is 11.1. The highest BCUT2D eigenvalue weighted by molar-refractivity contribution is 5.71. The fourth-order valence-corrected chi connectivity index (χ4v) is 1.29. The Morgan fingerprint density at radius 1 is 1.41 bits per heavy atom. The number of ether oxygens (including phenoxy) is 1. The summed E-state index contributed by atoms with van der Waals surface area (Å²) in [6.45, 7) is 2.27. The van der Waals surface area contributed by atoms with Crippen LogP contribution in [0.2, 0.25) is 0 Å². The zero-order chi connectivity index (χ0) is 12.7. The van der Waals surface area contributed by atoms with Gasteiger partial charge in [0.15, 0.2) is 0 Å². The van der Waals surface area contributed by atoms with Crippen LogP contribution < -0.4 is 5.73 Å². The predicted octanol–water partition coefficient (Wildman–Crippen LogP) is 1.48. The number of esters is 1. The number of carbonyl (C=O) groups is 1. The first-order valence-electron chi connectivity index (χ1n) is 5.46. The van der Waals surface area contributed by atoms with Gasteiger partial charge in [0.05, 0.1) is 5.82 Å². The molecule has 0 heterocycles. The van der Waals surface area contributed by atoms with E-state index in [1.807, 2.05) is 37.3 Å². The molecule has 0 aliphatic carbocycles. The molecule has 2 N–H and O–H groups in total. The van der Waals surface area contributed by atoms with Crippen LogP contribution in [-0.4, -0.2) is 24.5 Å². The topological polar surface area (TPSA) is 55.6 Å². The quantitative estimate of drug-likeness (QED) is 0.784.